The fourth-order valence-electron chi connectivity index (χ4n) is 1.75. The summed E-state index contributed by atoms with van der Waals surface area (Å²) in [6.45, 7) is 12.4. The molecule has 0 aliphatic rings. The molecule has 0 aliphatic carbocycles. The van der Waals surface area contributed by atoms with Crippen molar-refractivity contribution >= 4 is 32.1 Å². The van der Waals surface area contributed by atoms with Crippen molar-refractivity contribution in [3.8, 4) is 0 Å². The standard InChI is InChI=1S/2C7H13NO4S.2H3N/c2*1-4-6(9)8-7(2,3)5-13(10,11)12;;/h2*4H,1,5H2,2-3H3,(H,8,9)(H,10,11,12);2*1H3. The molecule has 0 rings (SSSR count). The lowest BCUT2D eigenvalue weighted by molar-refractivity contribution is -0.118. The number of amides is 2. The van der Waals surface area contributed by atoms with Crippen molar-refractivity contribution < 1.29 is 35.5 Å². The molecule has 0 saturated carbocycles. The molecule has 2 amide bonds. The first kappa shape index (κ1) is 33.7. The Bertz CT molecular complexity index is 679. The van der Waals surface area contributed by atoms with E-state index in [9.17, 15) is 26.4 Å². The van der Waals surface area contributed by atoms with Crippen LogP contribution < -0.4 is 22.9 Å². The van der Waals surface area contributed by atoms with Crippen LogP contribution in [0.25, 0.3) is 0 Å². The molecule has 0 radical (unpaired) electrons. The quantitative estimate of drug-likeness (QED) is 0.218. The zero-order valence-corrected chi connectivity index (χ0v) is 18.2. The number of nitrogens with one attached hydrogen (secondary N) is 2. The highest BCUT2D eigenvalue weighted by Gasteiger charge is 2.26. The predicted molar refractivity (Wildman–Crippen MR) is 108 cm³/mol. The number of carbonyl (C=O) groups is 2. The molecule has 0 unspecified atom stereocenters. The summed E-state index contributed by atoms with van der Waals surface area (Å²) in [5.74, 6) is -2.01. The van der Waals surface area contributed by atoms with E-state index in [0.717, 1.165) is 12.2 Å². The smallest absolute Gasteiger partial charge is 0.267 e. The van der Waals surface area contributed by atoms with Gasteiger partial charge in [-0.05, 0) is 39.8 Å². The monoisotopic (exact) mass is 448 g/mol. The van der Waals surface area contributed by atoms with Crippen LogP contribution in [0.2, 0.25) is 0 Å². The summed E-state index contributed by atoms with van der Waals surface area (Å²) < 4.78 is 59.0. The summed E-state index contributed by atoms with van der Waals surface area (Å²) in [6, 6.07) is 0. The van der Waals surface area contributed by atoms with Crippen LogP contribution >= 0.6 is 0 Å². The van der Waals surface area contributed by atoms with Crippen molar-refractivity contribution in [3.05, 3.63) is 25.3 Å². The minimum atomic E-state index is -4.08. The predicted octanol–water partition coefficient (Wildman–Crippen LogP) is 0.234. The number of rotatable bonds is 8. The van der Waals surface area contributed by atoms with E-state index in [4.69, 9.17) is 9.11 Å². The summed E-state index contributed by atoms with van der Waals surface area (Å²) in [4.78, 5) is 21.6. The van der Waals surface area contributed by atoms with Gasteiger partial charge >= 0.3 is 0 Å². The Kier molecular flexibility index (Phi) is 15.2. The summed E-state index contributed by atoms with van der Waals surface area (Å²) in [6.07, 6.45) is 2.07. The first-order chi connectivity index (χ1) is 11.3. The fraction of sp³-hybridized carbons (Fsp3) is 0.571. The van der Waals surface area contributed by atoms with Crippen LogP contribution in [-0.4, -0.2) is 60.3 Å². The van der Waals surface area contributed by atoms with Crippen molar-refractivity contribution in [3.63, 3.8) is 0 Å². The summed E-state index contributed by atoms with van der Waals surface area (Å²) in [5.41, 5.74) is -2.00. The van der Waals surface area contributed by atoms with Gasteiger partial charge in [0.25, 0.3) is 20.2 Å². The van der Waals surface area contributed by atoms with E-state index in [1.807, 2.05) is 0 Å². The molecule has 12 nitrogen and oxygen atoms in total. The van der Waals surface area contributed by atoms with E-state index in [0.29, 0.717) is 0 Å². The highest BCUT2D eigenvalue weighted by molar-refractivity contribution is 7.86. The average molecular weight is 449 g/mol. The normalized spacial score (nSPS) is 11.4. The van der Waals surface area contributed by atoms with Gasteiger partial charge in [-0.2, -0.15) is 16.8 Å². The van der Waals surface area contributed by atoms with E-state index in [1.54, 1.807) is 0 Å². The second-order valence-electron chi connectivity index (χ2n) is 6.61. The fourth-order valence-corrected chi connectivity index (χ4v) is 3.72. The van der Waals surface area contributed by atoms with Gasteiger partial charge in [-0.25, -0.2) is 0 Å². The third kappa shape index (κ3) is 22.2. The van der Waals surface area contributed by atoms with Crippen LogP contribution in [0, 0.1) is 0 Å². The molecule has 0 atom stereocenters. The van der Waals surface area contributed by atoms with Crippen molar-refractivity contribution in [2.24, 2.45) is 0 Å². The molecule has 168 valence electrons. The zero-order chi connectivity index (χ0) is 21.4. The lowest BCUT2D eigenvalue weighted by atomic mass is 10.1. The van der Waals surface area contributed by atoms with E-state index >= 15 is 0 Å². The van der Waals surface area contributed by atoms with Crippen molar-refractivity contribution in [1.82, 2.24) is 22.9 Å². The van der Waals surface area contributed by atoms with Crippen LogP contribution in [0.15, 0.2) is 25.3 Å². The molecule has 0 fully saturated rings. The Labute approximate surface area is 166 Å². The Hall–Kier alpha value is -1.84. The first-order valence-corrected chi connectivity index (χ1v) is 10.3. The summed E-state index contributed by atoms with van der Waals surface area (Å²) in [7, 11) is -8.17. The van der Waals surface area contributed by atoms with E-state index in [1.165, 1.54) is 27.7 Å². The molecule has 10 N–H and O–H groups in total. The molecule has 28 heavy (non-hydrogen) atoms. The minimum Gasteiger partial charge on any atom is -0.347 e. The minimum absolute atomic E-state index is 0. The van der Waals surface area contributed by atoms with Crippen LogP contribution in [0.1, 0.15) is 27.7 Å². The van der Waals surface area contributed by atoms with Crippen molar-refractivity contribution in [2.45, 2.75) is 38.8 Å². The third-order valence-electron chi connectivity index (χ3n) is 2.38. The van der Waals surface area contributed by atoms with Gasteiger partial charge in [-0.1, -0.05) is 13.2 Å². The van der Waals surface area contributed by atoms with Crippen LogP contribution in [0.3, 0.4) is 0 Å². The van der Waals surface area contributed by atoms with Gasteiger partial charge in [-0.3, -0.25) is 18.7 Å². The zero-order valence-electron chi connectivity index (χ0n) is 16.6. The maximum atomic E-state index is 10.8. The van der Waals surface area contributed by atoms with Gasteiger partial charge < -0.3 is 22.9 Å². The molecule has 0 heterocycles. The van der Waals surface area contributed by atoms with Crippen LogP contribution in [0.4, 0.5) is 0 Å². The van der Waals surface area contributed by atoms with Gasteiger partial charge in [0.2, 0.25) is 11.8 Å². The Balaban J connectivity index is -0.000000192. The summed E-state index contributed by atoms with van der Waals surface area (Å²) in [5, 5.41) is 4.73. The molecule has 14 heteroatoms. The number of carbonyl (C=O) groups excluding carboxylic acids is 2. The molecule has 0 aromatic heterocycles. The third-order valence-corrected chi connectivity index (χ3v) is 4.55. The van der Waals surface area contributed by atoms with Gasteiger partial charge in [0.1, 0.15) is 0 Å². The SMILES string of the molecule is C=CC(=O)NC(C)(C)CS(=O)(=O)O.C=CC(=O)NC(C)(C)CS(=O)(=O)O.N.N. The molecule has 0 spiro atoms. The van der Waals surface area contributed by atoms with Crippen molar-refractivity contribution in [2.75, 3.05) is 11.5 Å². The molecule has 0 aromatic rings. The highest BCUT2D eigenvalue weighted by Crippen LogP contribution is 2.06. The van der Waals surface area contributed by atoms with Gasteiger partial charge in [0.05, 0.1) is 22.6 Å². The van der Waals surface area contributed by atoms with Crippen LogP contribution in [0.5, 0.6) is 0 Å². The van der Waals surface area contributed by atoms with Gasteiger partial charge in [0, 0.05) is 0 Å². The van der Waals surface area contributed by atoms with Gasteiger partial charge in [-0.15, -0.1) is 0 Å². The Morgan fingerprint density at radius 1 is 0.786 bits per heavy atom. The van der Waals surface area contributed by atoms with Gasteiger partial charge in [0.15, 0.2) is 0 Å². The Morgan fingerprint density at radius 3 is 1.14 bits per heavy atom. The average Bonchev–Trinajstić information content (AvgIpc) is 2.31. The maximum Gasteiger partial charge on any atom is 0.267 e. The molecular weight excluding hydrogens is 416 g/mol. The lowest BCUT2D eigenvalue weighted by Crippen LogP contribution is -2.47. The highest BCUT2D eigenvalue weighted by atomic mass is 32.2. The lowest BCUT2D eigenvalue weighted by Gasteiger charge is -2.23. The first-order valence-electron chi connectivity index (χ1n) is 7.12. The van der Waals surface area contributed by atoms with E-state index < -0.39 is 54.6 Å². The van der Waals surface area contributed by atoms with Crippen LogP contribution in [-0.2, 0) is 29.8 Å². The molecular formula is C14H32N4O8S2. The largest absolute Gasteiger partial charge is 0.347 e. The number of hydrogen-bond donors (Lipinski definition) is 6. The topological polar surface area (TPSA) is 237 Å². The van der Waals surface area contributed by atoms with E-state index in [-0.39, 0.29) is 12.3 Å². The van der Waals surface area contributed by atoms with Crippen molar-refractivity contribution in [1.29, 1.82) is 0 Å². The number of hydrogen-bond acceptors (Lipinski definition) is 8. The molecule has 0 aliphatic heterocycles. The van der Waals surface area contributed by atoms with E-state index in [2.05, 4.69) is 23.8 Å². The molecule has 0 aromatic carbocycles. The maximum absolute atomic E-state index is 10.8. The second kappa shape index (κ2) is 12.6. The molecule has 0 bridgehead atoms. The summed E-state index contributed by atoms with van der Waals surface area (Å²) >= 11 is 0. The molecule has 0 saturated heterocycles. The second-order valence-corrected chi connectivity index (χ2v) is 9.51. The Morgan fingerprint density at radius 2 is 1.00 bits per heavy atom.